The smallest absolute Gasteiger partial charge is 0.223 e. The third-order valence-corrected chi connectivity index (χ3v) is 3.20. The quantitative estimate of drug-likeness (QED) is 0.346. The lowest BCUT2D eigenvalue weighted by Gasteiger charge is -2.21. The molecule has 5 heteroatoms. The predicted molar refractivity (Wildman–Crippen MR) is 79.8 cm³/mol. The number of oxime groups is 1. The van der Waals surface area contributed by atoms with Crippen molar-refractivity contribution < 1.29 is 10.0 Å². The topological polar surface area (TPSA) is 78.9 Å². The lowest BCUT2D eigenvalue weighted by molar-refractivity contribution is -0.130. The first-order valence-electron chi connectivity index (χ1n) is 6.87. The molecule has 0 unspecified atom stereocenters. The lowest BCUT2D eigenvalue weighted by atomic mass is 10.0. The molecule has 5 nitrogen and oxygen atoms in total. The van der Waals surface area contributed by atoms with Crippen LogP contribution in [0, 0.1) is 6.92 Å². The maximum Gasteiger partial charge on any atom is 0.223 e. The van der Waals surface area contributed by atoms with Gasteiger partial charge in [-0.3, -0.25) is 4.79 Å². The maximum absolute atomic E-state index is 12.2. The van der Waals surface area contributed by atoms with Crippen LogP contribution in [0.4, 0.5) is 0 Å². The molecule has 0 spiro atoms. The molecule has 1 amide bonds. The number of benzene rings is 1. The van der Waals surface area contributed by atoms with Crippen molar-refractivity contribution in [2.75, 3.05) is 13.1 Å². The van der Waals surface area contributed by atoms with E-state index in [1.54, 1.807) is 4.90 Å². The molecule has 0 radical (unpaired) electrons. The van der Waals surface area contributed by atoms with Crippen LogP contribution in [0.15, 0.2) is 29.4 Å². The fraction of sp³-hybridized carbons (Fsp3) is 0.467. The van der Waals surface area contributed by atoms with Crippen LogP contribution < -0.4 is 5.73 Å². The first-order chi connectivity index (χ1) is 9.58. The summed E-state index contributed by atoms with van der Waals surface area (Å²) in [6.07, 6.45) is 1.99. The van der Waals surface area contributed by atoms with Crippen LogP contribution in [0.5, 0.6) is 0 Å². The minimum Gasteiger partial charge on any atom is -0.409 e. The Labute approximate surface area is 120 Å². The monoisotopic (exact) mass is 277 g/mol. The molecular weight excluding hydrogens is 254 g/mol. The van der Waals surface area contributed by atoms with Crippen molar-refractivity contribution in [1.29, 1.82) is 0 Å². The number of amides is 1. The van der Waals surface area contributed by atoms with Gasteiger partial charge >= 0.3 is 0 Å². The zero-order valence-electron chi connectivity index (χ0n) is 12.2. The fourth-order valence-electron chi connectivity index (χ4n) is 2.08. The standard InChI is InChI=1S/C15H23N3O2/c1-3-10-18(11-14(16)17-20)15(19)9-8-13-7-5-4-6-12(13)2/h4-7,20H,3,8-11H2,1-2H3,(H2,16,17). The maximum atomic E-state index is 12.2. The SMILES string of the molecule is CCCN(CC(N)=NO)C(=O)CCc1ccccc1C. The van der Waals surface area contributed by atoms with Crippen LogP contribution in [-0.2, 0) is 11.2 Å². The average molecular weight is 277 g/mol. The van der Waals surface area contributed by atoms with E-state index in [-0.39, 0.29) is 18.3 Å². The molecule has 0 fully saturated rings. The second-order valence-electron chi connectivity index (χ2n) is 4.83. The number of hydrogen-bond donors (Lipinski definition) is 2. The van der Waals surface area contributed by atoms with E-state index in [1.165, 1.54) is 11.1 Å². The van der Waals surface area contributed by atoms with Crippen LogP contribution in [0.2, 0.25) is 0 Å². The van der Waals surface area contributed by atoms with Crippen molar-refractivity contribution in [3.63, 3.8) is 0 Å². The molecule has 0 bridgehead atoms. The Morgan fingerprint density at radius 1 is 1.40 bits per heavy atom. The number of carbonyl (C=O) groups excluding carboxylic acids is 1. The van der Waals surface area contributed by atoms with E-state index < -0.39 is 0 Å². The summed E-state index contributed by atoms with van der Waals surface area (Å²) in [4.78, 5) is 13.8. The summed E-state index contributed by atoms with van der Waals surface area (Å²) < 4.78 is 0. The van der Waals surface area contributed by atoms with Crippen LogP contribution >= 0.6 is 0 Å². The van der Waals surface area contributed by atoms with E-state index in [1.807, 2.05) is 38.1 Å². The largest absolute Gasteiger partial charge is 0.409 e. The zero-order valence-corrected chi connectivity index (χ0v) is 12.2. The molecule has 0 aliphatic carbocycles. The molecule has 1 aromatic carbocycles. The number of nitrogens with two attached hydrogens (primary N) is 1. The van der Waals surface area contributed by atoms with Crippen LogP contribution in [-0.4, -0.2) is 34.9 Å². The number of amidine groups is 1. The molecule has 0 saturated carbocycles. The third-order valence-electron chi connectivity index (χ3n) is 3.20. The summed E-state index contributed by atoms with van der Waals surface area (Å²) >= 11 is 0. The minimum absolute atomic E-state index is 0.0294. The second kappa shape index (κ2) is 8.19. The van der Waals surface area contributed by atoms with Gasteiger partial charge in [-0.2, -0.15) is 0 Å². The van der Waals surface area contributed by atoms with E-state index in [0.29, 0.717) is 19.4 Å². The average Bonchev–Trinajstić information content (AvgIpc) is 2.45. The number of nitrogens with zero attached hydrogens (tertiary/aromatic N) is 2. The van der Waals surface area contributed by atoms with Crippen LogP contribution in [0.25, 0.3) is 0 Å². The Hall–Kier alpha value is -2.04. The zero-order chi connectivity index (χ0) is 15.0. The van der Waals surface area contributed by atoms with Gasteiger partial charge in [-0.15, -0.1) is 0 Å². The summed E-state index contributed by atoms with van der Waals surface area (Å²) in [5.41, 5.74) is 7.85. The van der Waals surface area contributed by atoms with E-state index >= 15 is 0 Å². The molecule has 20 heavy (non-hydrogen) atoms. The van der Waals surface area contributed by atoms with E-state index in [0.717, 1.165) is 6.42 Å². The summed E-state index contributed by atoms with van der Waals surface area (Å²) in [5, 5.41) is 11.5. The Bertz CT molecular complexity index is 472. The Balaban J connectivity index is 2.60. The second-order valence-corrected chi connectivity index (χ2v) is 4.83. The number of hydrogen-bond acceptors (Lipinski definition) is 3. The van der Waals surface area contributed by atoms with Crippen LogP contribution in [0.1, 0.15) is 30.9 Å². The van der Waals surface area contributed by atoms with Crippen molar-refractivity contribution in [2.45, 2.75) is 33.1 Å². The molecule has 0 heterocycles. The van der Waals surface area contributed by atoms with Gasteiger partial charge in [0.15, 0.2) is 5.84 Å². The molecule has 0 aliphatic rings. The minimum atomic E-state index is 0.0294. The van der Waals surface area contributed by atoms with Crippen molar-refractivity contribution in [1.82, 2.24) is 4.90 Å². The summed E-state index contributed by atoms with van der Waals surface area (Å²) in [6, 6.07) is 8.05. The molecule has 3 N–H and O–H groups in total. The number of rotatable bonds is 7. The predicted octanol–water partition coefficient (Wildman–Crippen LogP) is 1.91. The molecule has 0 atom stereocenters. The van der Waals surface area contributed by atoms with Crippen molar-refractivity contribution in [2.24, 2.45) is 10.9 Å². The summed E-state index contributed by atoms with van der Waals surface area (Å²) in [6.45, 7) is 4.83. The van der Waals surface area contributed by atoms with Gasteiger partial charge in [0.1, 0.15) is 0 Å². The van der Waals surface area contributed by atoms with E-state index in [4.69, 9.17) is 10.9 Å². The molecule has 1 aromatic rings. The lowest BCUT2D eigenvalue weighted by Crippen LogP contribution is -2.39. The van der Waals surface area contributed by atoms with Gasteiger partial charge in [0.25, 0.3) is 0 Å². The third kappa shape index (κ3) is 4.91. The highest BCUT2D eigenvalue weighted by molar-refractivity contribution is 5.87. The number of carbonyl (C=O) groups is 1. The fourth-order valence-corrected chi connectivity index (χ4v) is 2.08. The van der Waals surface area contributed by atoms with E-state index in [9.17, 15) is 4.79 Å². The molecule has 0 saturated heterocycles. The summed E-state index contributed by atoms with van der Waals surface area (Å²) in [7, 11) is 0. The Kier molecular flexibility index (Phi) is 6.56. The van der Waals surface area contributed by atoms with Gasteiger partial charge < -0.3 is 15.8 Å². The Morgan fingerprint density at radius 2 is 2.10 bits per heavy atom. The molecule has 0 aromatic heterocycles. The highest BCUT2D eigenvalue weighted by Crippen LogP contribution is 2.10. The van der Waals surface area contributed by atoms with Crippen molar-refractivity contribution >= 4 is 11.7 Å². The first kappa shape index (κ1) is 16.0. The normalized spacial score (nSPS) is 11.4. The van der Waals surface area contributed by atoms with Crippen LogP contribution in [0.3, 0.4) is 0 Å². The van der Waals surface area contributed by atoms with Gasteiger partial charge in [-0.25, -0.2) is 0 Å². The number of aryl methyl sites for hydroxylation is 2. The van der Waals surface area contributed by atoms with E-state index in [2.05, 4.69) is 5.16 Å². The van der Waals surface area contributed by atoms with Gasteiger partial charge in [0.2, 0.25) is 5.91 Å². The van der Waals surface area contributed by atoms with Gasteiger partial charge in [-0.1, -0.05) is 36.3 Å². The van der Waals surface area contributed by atoms with Gasteiger partial charge in [0, 0.05) is 13.0 Å². The molecular formula is C15H23N3O2. The van der Waals surface area contributed by atoms with Crippen molar-refractivity contribution in [3.8, 4) is 0 Å². The first-order valence-corrected chi connectivity index (χ1v) is 6.87. The highest BCUT2D eigenvalue weighted by atomic mass is 16.4. The van der Waals surface area contributed by atoms with Gasteiger partial charge in [-0.05, 0) is 30.9 Å². The highest BCUT2D eigenvalue weighted by Gasteiger charge is 2.14. The Morgan fingerprint density at radius 3 is 2.70 bits per heavy atom. The molecule has 1 rings (SSSR count). The summed E-state index contributed by atoms with van der Waals surface area (Å²) in [5.74, 6) is 0.0874. The van der Waals surface area contributed by atoms with Gasteiger partial charge in [0.05, 0.1) is 6.54 Å². The van der Waals surface area contributed by atoms with Crippen molar-refractivity contribution in [3.05, 3.63) is 35.4 Å². The molecule has 0 aliphatic heterocycles. The molecule has 110 valence electrons.